The first-order valence-electron chi connectivity index (χ1n) is 6.57. The minimum atomic E-state index is -1.06. The average molecular weight is 358 g/mol. The quantitative estimate of drug-likeness (QED) is 0.785. The predicted octanol–water partition coefficient (Wildman–Crippen LogP) is 2.33. The number of benzene rings is 1. The molecule has 21 heavy (non-hydrogen) atoms. The van der Waals surface area contributed by atoms with Crippen LogP contribution in [0.15, 0.2) is 28.7 Å². The van der Waals surface area contributed by atoms with Gasteiger partial charge in [-0.25, -0.2) is 4.79 Å². The summed E-state index contributed by atoms with van der Waals surface area (Å²) in [5.41, 5.74) is 0.000609. The van der Waals surface area contributed by atoms with Crippen LogP contribution < -0.4 is 5.32 Å². The Kier molecular flexibility index (Phi) is 6.36. The number of rotatable bonds is 7. The number of hydrogen-bond donors (Lipinski definition) is 2. The van der Waals surface area contributed by atoms with Gasteiger partial charge in [0.25, 0.3) is 0 Å². The number of nitrogens with one attached hydrogen (secondary N) is 1. The zero-order valence-corrected chi connectivity index (χ0v) is 13.9. The van der Waals surface area contributed by atoms with Gasteiger partial charge in [-0.1, -0.05) is 28.1 Å². The number of carboxylic acids is 1. The van der Waals surface area contributed by atoms with Gasteiger partial charge in [-0.3, -0.25) is 4.79 Å². The molecule has 1 rings (SSSR count). The Morgan fingerprint density at radius 3 is 2.38 bits per heavy atom. The van der Waals surface area contributed by atoms with Crippen molar-refractivity contribution in [1.82, 2.24) is 5.32 Å². The fourth-order valence-electron chi connectivity index (χ4n) is 1.83. The van der Waals surface area contributed by atoms with Crippen molar-refractivity contribution in [2.45, 2.75) is 31.7 Å². The summed E-state index contributed by atoms with van der Waals surface area (Å²) in [7, 11) is 1.49. The van der Waals surface area contributed by atoms with Crippen LogP contribution in [0.5, 0.6) is 0 Å². The van der Waals surface area contributed by atoms with Crippen molar-refractivity contribution in [3.05, 3.63) is 34.3 Å². The van der Waals surface area contributed by atoms with E-state index in [1.54, 1.807) is 13.8 Å². The highest BCUT2D eigenvalue weighted by Gasteiger charge is 2.32. The lowest BCUT2D eigenvalue weighted by atomic mass is 9.83. The third-order valence-electron chi connectivity index (χ3n) is 3.35. The second-order valence-corrected chi connectivity index (χ2v) is 6.19. The number of carbonyl (C=O) groups excluding carboxylic acids is 1. The van der Waals surface area contributed by atoms with Gasteiger partial charge in [-0.05, 0) is 31.5 Å². The maximum atomic E-state index is 12.4. The van der Waals surface area contributed by atoms with Crippen molar-refractivity contribution in [3.63, 3.8) is 0 Å². The number of carboxylic acid groups (broad SMARTS) is 1. The SMILES string of the molecule is COCCC(NC(=O)C(C)(C)c1ccc(Br)cc1)C(=O)O. The maximum Gasteiger partial charge on any atom is 0.326 e. The van der Waals surface area contributed by atoms with Crippen molar-refractivity contribution in [1.29, 1.82) is 0 Å². The van der Waals surface area contributed by atoms with Crippen LogP contribution >= 0.6 is 15.9 Å². The van der Waals surface area contributed by atoms with Crippen LogP contribution in [0, 0.1) is 0 Å². The highest BCUT2D eigenvalue weighted by atomic mass is 79.9. The number of aliphatic carboxylic acids is 1. The van der Waals surface area contributed by atoms with Crippen molar-refractivity contribution < 1.29 is 19.4 Å². The number of carbonyl (C=O) groups is 2. The van der Waals surface area contributed by atoms with E-state index >= 15 is 0 Å². The molecule has 1 aromatic carbocycles. The summed E-state index contributed by atoms with van der Waals surface area (Å²) in [5, 5.41) is 11.7. The zero-order valence-electron chi connectivity index (χ0n) is 12.4. The molecule has 1 unspecified atom stereocenters. The van der Waals surface area contributed by atoms with E-state index in [2.05, 4.69) is 21.2 Å². The lowest BCUT2D eigenvalue weighted by Gasteiger charge is -2.26. The molecule has 5 nitrogen and oxygen atoms in total. The summed E-state index contributed by atoms with van der Waals surface area (Å²) >= 11 is 3.34. The average Bonchev–Trinajstić information content (AvgIpc) is 2.43. The monoisotopic (exact) mass is 357 g/mol. The van der Waals surface area contributed by atoms with Crippen LogP contribution in [0.3, 0.4) is 0 Å². The summed E-state index contributed by atoms with van der Waals surface area (Å²) in [6.45, 7) is 3.80. The van der Waals surface area contributed by atoms with Crippen LogP contribution in [0.1, 0.15) is 25.8 Å². The molecule has 0 bridgehead atoms. The van der Waals surface area contributed by atoms with Gasteiger partial charge < -0.3 is 15.2 Å². The Morgan fingerprint density at radius 1 is 1.33 bits per heavy atom. The lowest BCUT2D eigenvalue weighted by molar-refractivity contribution is -0.143. The molecule has 0 aliphatic rings. The molecule has 0 saturated carbocycles. The first kappa shape index (κ1) is 17.7. The summed E-state index contributed by atoms with van der Waals surface area (Å²) in [4.78, 5) is 23.6. The van der Waals surface area contributed by atoms with E-state index in [-0.39, 0.29) is 18.9 Å². The minimum absolute atomic E-state index is 0.230. The molecule has 0 fully saturated rings. The fraction of sp³-hybridized carbons (Fsp3) is 0.467. The highest BCUT2D eigenvalue weighted by Crippen LogP contribution is 2.25. The van der Waals surface area contributed by atoms with Crippen LogP contribution in [-0.2, 0) is 19.7 Å². The van der Waals surface area contributed by atoms with Crippen molar-refractivity contribution in [3.8, 4) is 0 Å². The Balaban J connectivity index is 2.84. The molecule has 0 aromatic heterocycles. The normalized spacial score (nSPS) is 12.8. The van der Waals surface area contributed by atoms with Gasteiger partial charge >= 0.3 is 5.97 Å². The summed E-state index contributed by atoms with van der Waals surface area (Å²) in [5.74, 6) is -1.39. The number of methoxy groups -OCH3 is 1. The van der Waals surface area contributed by atoms with Gasteiger partial charge in [0.15, 0.2) is 0 Å². The molecule has 116 valence electrons. The summed E-state index contributed by atoms with van der Waals surface area (Å²) in [6.07, 6.45) is 0.230. The Bertz CT molecular complexity index is 499. The van der Waals surface area contributed by atoms with Gasteiger partial charge in [-0.15, -0.1) is 0 Å². The van der Waals surface area contributed by atoms with Crippen LogP contribution in [-0.4, -0.2) is 36.7 Å². The van der Waals surface area contributed by atoms with Crippen molar-refractivity contribution in [2.24, 2.45) is 0 Å². The minimum Gasteiger partial charge on any atom is -0.480 e. The van der Waals surface area contributed by atoms with Gasteiger partial charge in [0.1, 0.15) is 6.04 Å². The lowest BCUT2D eigenvalue weighted by Crippen LogP contribution is -2.48. The largest absolute Gasteiger partial charge is 0.480 e. The third-order valence-corrected chi connectivity index (χ3v) is 3.88. The van der Waals surface area contributed by atoms with E-state index in [1.165, 1.54) is 7.11 Å². The molecule has 1 atom stereocenters. The molecule has 0 aliphatic carbocycles. The van der Waals surface area contributed by atoms with Crippen LogP contribution in [0.25, 0.3) is 0 Å². The predicted molar refractivity (Wildman–Crippen MR) is 83.2 cm³/mol. The first-order valence-corrected chi connectivity index (χ1v) is 7.37. The van der Waals surface area contributed by atoms with Gasteiger partial charge in [-0.2, -0.15) is 0 Å². The number of halogens is 1. The summed E-state index contributed by atoms with van der Waals surface area (Å²) < 4.78 is 5.79. The third kappa shape index (κ3) is 4.82. The Hall–Kier alpha value is -1.40. The second kappa shape index (κ2) is 7.56. The Labute approximate surface area is 132 Å². The molecule has 0 saturated heterocycles. The van der Waals surface area contributed by atoms with E-state index < -0.39 is 17.4 Å². The molecule has 2 N–H and O–H groups in total. The molecule has 0 aliphatic heterocycles. The molecule has 6 heteroatoms. The molecule has 1 amide bonds. The standard InChI is InChI=1S/C15H20BrNO4/c1-15(2,10-4-6-11(16)7-5-10)14(20)17-12(13(18)19)8-9-21-3/h4-7,12H,8-9H2,1-3H3,(H,17,20)(H,18,19). The number of ether oxygens (including phenoxy) is 1. The molecule has 0 heterocycles. The maximum absolute atomic E-state index is 12.4. The fourth-order valence-corrected chi connectivity index (χ4v) is 2.09. The van der Waals surface area contributed by atoms with E-state index in [0.29, 0.717) is 0 Å². The zero-order chi connectivity index (χ0) is 16.0. The smallest absolute Gasteiger partial charge is 0.326 e. The van der Waals surface area contributed by atoms with Crippen LogP contribution in [0.4, 0.5) is 0 Å². The van der Waals surface area contributed by atoms with E-state index in [1.807, 2.05) is 24.3 Å². The van der Waals surface area contributed by atoms with Gasteiger partial charge in [0, 0.05) is 24.6 Å². The molecule has 0 spiro atoms. The van der Waals surface area contributed by atoms with Crippen molar-refractivity contribution in [2.75, 3.05) is 13.7 Å². The summed E-state index contributed by atoms with van der Waals surface area (Å²) in [6, 6.07) is 6.43. The van der Waals surface area contributed by atoms with Crippen molar-refractivity contribution >= 4 is 27.8 Å². The molecule has 0 radical (unpaired) electrons. The highest BCUT2D eigenvalue weighted by molar-refractivity contribution is 9.10. The van der Waals surface area contributed by atoms with Crippen LogP contribution in [0.2, 0.25) is 0 Å². The van der Waals surface area contributed by atoms with E-state index in [0.717, 1.165) is 10.0 Å². The molecular formula is C15H20BrNO4. The van der Waals surface area contributed by atoms with E-state index in [9.17, 15) is 9.59 Å². The Morgan fingerprint density at radius 2 is 1.90 bits per heavy atom. The molecular weight excluding hydrogens is 338 g/mol. The van der Waals surface area contributed by atoms with E-state index in [4.69, 9.17) is 9.84 Å². The number of hydrogen-bond acceptors (Lipinski definition) is 3. The first-order chi connectivity index (χ1) is 9.78. The van der Waals surface area contributed by atoms with Gasteiger partial charge in [0.05, 0.1) is 5.41 Å². The number of amides is 1. The van der Waals surface area contributed by atoms with Gasteiger partial charge in [0.2, 0.25) is 5.91 Å². The second-order valence-electron chi connectivity index (χ2n) is 5.28. The topological polar surface area (TPSA) is 75.6 Å². The molecule has 1 aromatic rings.